The van der Waals surface area contributed by atoms with E-state index in [0.29, 0.717) is 5.92 Å². The van der Waals surface area contributed by atoms with Gasteiger partial charge in [0.25, 0.3) is 0 Å². The second-order valence-corrected chi connectivity index (χ2v) is 6.11. The average molecular weight is 328 g/mol. The fraction of sp³-hybridized carbons (Fsp3) is 0.625. The first-order chi connectivity index (χ1) is 9.08. The molecule has 0 radical (unpaired) electrons. The highest BCUT2D eigenvalue weighted by Gasteiger charge is 2.12. The van der Waals surface area contributed by atoms with Crippen LogP contribution in [0.25, 0.3) is 0 Å². The predicted molar refractivity (Wildman–Crippen MR) is 85.5 cm³/mol. The van der Waals surface area contributed by atoms with Gasteiger partial charge in [-0.2, -0.15) is 0 Å². The quantitative estimate of drug-likeness (QED) is 0.723. The van der Waals surface area contributed by atoms with Crippen LogP contribution >= 0.6 is 15.9 Å². The molecule has 0 aromatic heterocycles. The molecule has 0 aliphatic heterocycles. The van der Waals surface area contributed by atoms with Gasteiger partial charge in [-0.15, -0.1) is 0 Å². The fourth-order valence-electron chi connectivity index (χ4n) is 2.12. The van der Waals surface area contributed by atoms with Gasteiger partial charge < -0.3 is 10.5 Å². The Balaban J connectivity index is 2.67. The third-order valence-corrected chi connectivity index (χ3v) is 3.98. The van der Waals surface area contributed by atoms with Crippen molar-refractivity contribution in [1.29, 1.82) is 0 Å². The van der Waals surface area contributed by atoms with E-state index in [0.717, 1.165) is 22.4 Å². The van der Waals surface area contributed by atoms with Crippen molar-refractivity contribution in [3.05, 3.63) is 28.2 Å². The summed E-state index contributed by atoms with van der Waals surface area (Å²) in [5.74, 6) is 1.55. The van der Waals surface area contributed by atoms with Gasteiger partial charge in [0.15, 0.2) is 0 Å². The average Bonchev–Trinajstić information content (AvgIpc) is 2.38. The Morgan fingerprint density at radius 2 is 2.05 bits per heavy atom. The molecular formula is C16H26BrNO. The highest BCUT2D eigenvalue weighted by Crippen LogP contribution is 2.28. The van der Waals surface area contributed by atoms with Crippen molar-refractivity contribution in [1.82, 2.24) is 0 Å². The Hall–Kier alpha value is -0.540. The van der Waals surface area contributed by atoms with E-state index >= 15 is 0 Å². The molecule has 2 atom stereocenters. The van der Waals surface area contributed by atoms with Crippen molar-refractivity contribution in [2.45, 2.75) is 52.5 Å². The largest absolute Gasteiger partial charge is 0.493 e. The van der Waals surface area contributed by atoms with Gasteiger partial charge in [-0.1, -0.05) is 55.1 Å². The number of halogens is 1. The van der Waals surface area contributed by atoms with Crippen LogP contribution in [0.15, 0.2) is 22.7 Å². The van der Waals surface area contributed by atoms with Crippen LogP contribution in [0.2, 0.25) is 0 Å². The Morgan fingerprint density at radius 3 is 2.63 bits per heavy atom. The molecule has 2 nitrogen and oxygen atoms in total. The van der Waals surface area contributed by atoms with Crippen molar-refractivity contribution in [2.75, 3.05) is 6.61 Å². The summed E-state index contributed by atoms with van der Waals surface area (Å²) in [5, 5.41) is 0. The van der Waals surface area contributed by atoms with Crippen LogP contribution in [0, 0.1) is 5.92 Å². The molecule has 1 aromatic rings. The zero-order valence-electron chi connectivity index (χ0n) is 12.3. The molecule has 0 amide bonds. The summed E-state index contributed by atoms with van der Waals surface area (Å²) in [5.41, 5.74) is 7.07. The number of ether oxygens (including phenoxy) is 1. The number of hydrogen-bond donors (Lipinski definition) is 1. The number of rotatable bonds is 8. The van der Waals surface area contributed by atoms with E-state index in [1.54, 1.807) is 0 Å². The van der Waals surface area contributed by atoms with Gasteiger partial charge in [0, 0.05) is 16.1 Å². The highest BCUT2D eigenvalue weighted by atomic mass is 79.9. The lowest BCUT2D eigenvalue weighted by molar-refractivity contribution is 0.230. The van der Waals surface area contributed by atoms with E-state index < -0.39 is 0 Å². The number of hydrogen-bond acceptors (Lipinski definition) is 2. The summed E-state index contributed by atoms with van der Waals surface area (Å²) >= 11 is 3.49. The fourth-order valence-corrected chi connectivity index (χ4v) is 2.46. The standard InChI is InChI=1S/C16H26BrNO/c1-4-6-7-13(5-2)11-19-16-10-14(17)8-9-15(16)12(3)18/h8-10,12-13H,4-7,11,18H2,1-3H3. The minimum atomic E-state index is -0.00109. The Labute approximate surface area is 125 Å². The van der Waals surface area contributed by atoms with Crippen LogP contribution in [0.3, 0.4) is 0 Å². The summed E-state index contributed by atoms with van der Waals surface area (Å²) in [6.45, 7) is 7.24. The summed E-state index contributed by atoms with van der Waals surface area (Å²) in [7, 11) is 0. The zero-order valence-corrected chi connectivity index (χ0v) is 13.9. The molecule has 108 valence electrons. The molecule has 0 aliphatic carbocycles. The van der Waals surface area contributed by atoms with Crippen LogP contribution in [-0.2, 0) is 0 Å². The molecule has 0 fully saturated rings. The van der Waals surface area contributed by atoms with Crippen LogP contribution in [0.4, 0.5) is 0 Å². The van der Waals surface area contributed by atoms with Crippen LogP contribution in [0.1, 0.15) is 58.1 Å². The molecule has 1 rings (SSSR count). The number of unbranched alkanes of at least 4 members (excludes halogenated alkanes) is 1. The Bertz CT molecular complexity index is 379. The first-order valence-corrected chi connectivity index (χ1v) is 8.05. The summed E-state index contributed by atoms with van der Waals surface area (Å²) in [4.78, 5) is 0. The normalized spacial score (nSPS) is 14.2. The van der Waals surface area contributed by atoms with Gasteiger partial charge in [0.05, 0.1) is 6.61 Å². The van der Waals surface area contributed by atoms with Gasteiger partial charge in [0.1, 0.15) is 5.75 Å². The summed E-state index contributed by atoms with van der Waals surface area (Å²) in [6.07, 6.45) is 4.94. The lowest BCUT2D eigenvalue weighted by Gasteiger charge is -2.19. The predicted octanol–water partition coefficient (Wildman–Crippen LogP) is 5.06. The monoisotopic (exact) mass is 327 g/mol. The van der Waals surface area contributed by atoms with Crippen molar-refractivity contribution in [3.8, 4) is 5.75 Å². The molecule has 0 heterocycles. The maximum atomic E-state index is 6.02. The minimum absolute atomic E-state index is 0.00109. The van der Waals surface area contributed by atoms with E-state index in [2.05, 4.69) is 29.8 Å². The molecule has 1 aromatic carbocycles. The molecular weight excluding hydrogens is 302 g/mol. The van der Waals surface area contributed by atoms with Crippen LogP contribution in [-0.4, -0.2) is 6.61 Å². The van der Waals surface area contributed by atoms with E-state index in [-0.39, 0.29) is 6.04 Å². The lowest BCUT2D eigenvalue weighted by Crippen LogP contribution is -2.14. The highest BCUT2D eigenvalue weighted by molar-refractivity contribution is 9.10. The zero-order chi connectivity index (χ0) is 14.3. The second-order valence-electron chi connectivity index (χ2n) is 5.20. The van der Waals surface area contributed by atoms with Crippen LogP contribution in [0.5, 0.6) is 5.75 Å². The van der Waals surface area contributed by atoms with Crippen molar-refractivity contribution >= 4 is 15.9 Å². The first kappa shape index (κ1) is 16.5. The molecule has 0 spiro atoms. The Kier molecular flexibility index (Phi) is 7.47. The minimum Gasteiger partial charge on any atom is -0.493 e. The van der Waals surface area contributed by atoms with Crippen LogP contribution < -0.4 is 10.5 Å². The lowest BCUT2D eigenvalue weighted by atomic mass is 10.0. The number of benzene rings is 1. The molecule has 0 saturated heterocycles. The number of nitrogens with two attached hydrogens (primary N) is 1. The van der Waals surface area contributed by atoms with Gasteiger partial charge in [0.2, 0.25) is 0 Å². The Morgan fingerprint density at radius 1 is 1.32 bits per heavy atom. The molecule has 0 aliphatic rings. The SMILES string of the molecule is CCCCC(CC)COc1cc(Br)ccc1C(C)N. The van der Waals surface area contributed by atoms with Gasteiger partial charge in [-0.3, -0.25) is 0 Å². The topological polar surface area (TPSA) is 35.2 Å². The maximum Gasteiger partial charge on any atom is 0.125 e. The third kappa shape index (κ3) is 5.53. The van der Waals surface area contributed by atoms with Gasteiger partial charge >= 0.3 is 0 Å². The summed E-state index contributed by atoms with van der Waals surface area (Å²) in [6, 6.07) is 6.07. The van der Waals surface area contributed by atoms with Crippen molar-refractivity contribution in [3.63, 3.8) is 0 Å². The van der Waals surface area contributed by atoms with E-state index in [1.807, 2.05) is 25.1 Å². The van der Waals surface area contributed by atoms with Crippen molar-refractivity contribution < 1.29 is 4.74 Å². The maximum absolute atomic E-state index is 6.02. The van der Waals surface area contributed by atoms with E-state index in [4.69, 9.17) is 10.5 Å². The molecule has 3 heteroatoms. The summed E-state index contributed by atoms with van der Waals surface area (Å²) < 4.78 is 7.06. The first-order valence-electron chi connectivity index (χ1n) is 7.26. The molecule has 2 unspecified atom stereocenters. The molecule has 0 saturated carbocycles. The van der Waals surface area contributed by atoms with Crippen molar-refractivity contribution in [2.24, 2.45) is 11.7 Å². The van der Waals surface area contributed by atoms with Gasteiger partial charge in [-0.05, 0) is 31.4 Å². The smallest absolute Gasteiger partial charge is 0.125 e. The molecule has 0 bridgehead atoms. The van der Waals surface area contributed by atoms with E-state index in [1.165, 1.54) is 25.7 Å². The molecule has 2 N–H and O–H groups in total. The second kappa shape index (κ2) is 8.60. The third-order valence-electron chi connectivity index (χ3n) is 3.48. The van der Waals surface area contributed by atoms with E-state index in [9.17, 15) is 0 Å². The van der Waals surface area contributed by atoms with Gasteiger partial charge in [-0.25, -0.2) is 0 Å². The molecule has 19 heavy (non-hydrogen) atoms.